The molecule has 142 valence electrons. The van der Waals surface area contributed by atoms with Crippen molar-refractivity contribution in [3.8, 4) is 5.75 Å². The third kappa shape index (κ3) is 3.81. The number of nitrogens with zero attached hydrogens (tertiary/aromatic N) is 3. The number of hydrogen-bond acceptors (Lipinski definition) is 5. The number of benzene rings is 2. The van der Waals surface area contributed by atoms with Gasteiger partial charge in [0.2, 0.25) is 5.95 Å². The van der Waals surface area contributed by atoms with Gasteiger partial charge in [-0.3, -0.25) is 4.79 Å². The summed E-state index contributed by atoms with van der Waals surface area (Å²) in [6, 6.07) is 17.7. The molecule has 0 bridgehead atoms. The topological polar surface area (TPSA) is 67.3 Å². The molecule has 6 nitrogen and oxygen atoms in total. The second-order valence-corrected chi connectivity index (χ2v) is 6.72. The molecule has 1 aromatic heterocycles. The van der Waals surface area contributed by atoms with E-state index in [1.54, 1.807) is 19.5 Å². The number of carbonyl (C=O) groups is 1. The maximum Gasteiger partial charge on any atom is 0.257 e. The fraction of sp³-hybridized carbons (Fsp3) is 0.227. The van der Waals surface area contributed by atoms with Crippen molar-refractivity contribution in [2.24, 2.45) is 0 Å². The van der Waals surface area contributed by atoms with E-state index in [-0.39, 0.29) is 11.9 Å². The van der Waals surface area contributed by atoms with Crippen molar-refractivity contribution in [1.29, 1.82) is 0 Å². The number of likely N-dealkylation sites (tertiary alicyclic amines) is 1. The number of carbonyl (C=O) groups excluding carboxylic acids is 1. The maximum absolute atomic E-state index is 13.0. The largest absolute Gasteiger partial charge is 0.497 e. The van der Waals surface area contributed by atoms with E-state index >= 15 is 0 Å². The minimum Gasteiger partial charge on any atom is -0.497 e. The lowest BCUT2D eigenvalue weighted by molar-refractivity contribution is 0.0734. The summed E-state index contributed by atoms with van der Waals surface area (Å²) in [5, 5.41) is 3.13. The molecular formula is C22H22N4O2. The summed E-state index contributed by atoms with van der Waals surface area (Å²) in [7, 11) is 1.65. The first-order chi connectivity index (χ1) is 13.7. The van der Waals surface area contributed by atoms with Crippen LogP contribution in [0.2, 0.25) is 0 Å². The number of hydrogen-bond donors (Lipinski definition) is 1. The second-order valence-electron chi connectivity index (χ2n) is 6.72. The Labute approximate surface area is 164 Å². The summed E-state index contributed by atoms with van der Waals surface area (Å²) in [6.07, 6.45) is 5.08. The summed E-state index contributed by atoms with van der Waals surface area (Å²) in [6.45, 7) is 0.727. The summed E-state index contributed by atoms with van der Waals surface area (Å²) in [5.74, 6) is 1.22. The molecule has 1 aliphatic heterocycles. The molecule has 4 rings (SSSR count). The van der Waals surface area contributed by atoms with E-state index in [2.05, 4.69) is 15.3 Å². The minimum atomic E-state index is -0.0448. The third-order valence-electron chi connectivity index (χ3n) is 4.92. The molecule has 0 unspecified atom stereocenters. The zero-order valence-corrected chi connectivity index (χ0v) is 15.7. The van der Waals surface area contributed by atoms with E-state index in [0.29, 0.717) is 11.5 Å². The molecule has 1 saturated heterocycles. The Morgan fingerprint density at radius 2 is 1.89 bits per heavy atom. The number of nitrogens with one attached hydrogen (secondary N) is 1. The van der Waals surface area contributed by atoms with E-state index in [9.17, 15) is 4.79 Å². The van der Waals surface area contributed by atoms with Gasteiger partial charge in [0.1, 0.15) is 5.75 Å². The van der Waals surface area contributed by atoms with Gasteiger partial charge in [-0.05, 0) is 42.7 Å². The zero-order valence-electron chi connectivity index (χ0n) is 15.7. The Bertz CT molecular complexity index is 944. The van der Waals surface area contributed by atoms with Crippen LogP contribution in [0.1, 0.15) is 34.8 Å². The number of ether oxygens (including phenoxy) is 1. The molecule has 1 aliphatic rings. The van der Waals surface area contributed by atoms with E-state index in [4.69, 9.17) is 4.74 Å². The van der Waals surface area contributed by atoms with Gasteiger partial charge in [0.25, 0.3) is 5.91 Å². The Hall–Kier alpha value is -3.41. The standard InChI is InChI=1S/C22H22N4O2/c1-28-19-10-5-7-16(13-19)20-11-6-12-26(20)21(27)17-14-23-22(24-15-17)25-18-8-3-2-4-9-18/h2-5,7-10,13-15,20H,6,11-12H2,1H3,(H,23,24,25)/t20-/m1/s1. The van der Waals surface area contributed by atoms with Crippen LogP contribution in [-0.4, -0.2) is 34.4 Å². The molecule has 3 aromatic rings. The molecule has 0 radical (unpaired) electrons. The highest BCUT2D eigenvalue weighted by atomic mass is 16.5. The maximum atomic E-state index is 13.0. The molecule has 1 amide bonds. The van der Waals surface area contributed by atoms with Crippen LogP contribution in [0.3, 0.4) is 0 Å². The van der Waals surface area contributed by atoms with Gasteiger partial charge in [-0.1, -0.05) is 30.3 Å². The van der Waals surface area contributed by atoms with Crippen LogP contribution in [0.15, 0.2) is 67.0 Å². The number of rotatable bonds is 5. The fourth-order valence-corrected chi connectivity index (χ4v) is 3.52. The average molecular weight is 374 g/mol. The summed E-state index contributed by atoms with van der Waals surface area (Å²) in [4.78, 5) is 23.6. The predicted octanol–water partition coefficient (Wildman–Crippen LogP) is 4.21. The zero-order chi connectivity index (χ0) is 19.3. The molecule has 0 spiro atoms. The Balaban J connectivity index is 1.50. The van der Waals surface area contributed by atoms with Crippen molar-refractivity contribution in [1.82, 2.24) is 14.9 Å². The molecule has 6 heteroatoms. The first kappa shape index (κ1) is 18.0. The molecular weight excluding hydrogens is 352 g/mol. The van der Waals surface area contributed by atoms with Gasteiger partial charge in [-0.2, -0.15) is 0 Å². The lowest BCUT2D eigenvalue weighted by Gasteiger charge is -2.25. The van der Waals surface area contributed by atoms with Crippen molar-refractivity contribution < 1.29 is 9.53 Å². The highest BCUT2D eigenvalue weighted by Crippen LogP contribution is 2.34. The predicted molar refractivity (Wildman–Crippen MR) is 108 cm³/mol. The monoisotopic (exact) mass is 374 g/mol. The first-order valence-electron chi connectivity index (χ1n) is 9.33. The number of para-hydroxylation sites is 1. The molecule has 0 aliphatic carbocycles. The van der Waals surface area contributed by atoms with Crippen LogP contribution in [0, 0.1) is 0 Å². The first-order valence-corrected chi connectivity index (χ1v) is 9.33. The highest BCUT2D eigenvalue weighted by molar-refractivity contribution is 5.94. The molecule has 2 heterocycles. The van der Waals surface area contributed by atoms with E-state index in [1.807, 2.05) is 59.5 Å². The van der Waals surface area contributed by atoms with Crippen LogP contribution in [0.5, 0.6) is 5.75 Å². The van der Waals surface area contributed by atoms with Crippen molar-refractivity contribution >= 4 is 17.5 Å². The molecule has 1 atom stereocenters. The number of anilines is 2. The van der Waals surface area contributed by atoms with Crippen LogP contribution in [0.4, 0.5) is 11.6 Å². The van der Waals surface area contributed by atoms with Gasteiger partial charge in [-0.15, -0.1) is 0 Å². The van der Waals surface area contributed by atoms with Crippen molar-refractivity contribution in [3.05, 3.63) is 78.1 Å². The van der Waals surface area contributed by atoms with Gasteiger partial charge in [0.05, 0.1) is 18.7 Å². The number of methoxy groups -OCH3 is 1. The second kappa shape index (κ2) is 8.08. The summed E-state index contributed by atoms with van der Waals surface area (Å²) in [5.41, 5.74) is 2.49. The van der Waals surface area contributed by atoms with Crippen LogP contribution in [0.25, 0.3) is 0 Å². The fourth-order valence-electron chi connectivity index (χ4n) is 3.52. The molecule has 2 aromatic carbocycles. The Kier molecular flexibility index (Phi) is 5.19. The van der Waals surface area contributed by atoms with Gasteiger partial charge in [0, 0.05) is 24.6 Å². The molecule has 28 heavy (non-hydrogen) atoms. The Morgan fingerprint density at radius 1 is 1.11 bits per heavy atom. The molecule has 1 N–H and O–H groups in total. The van der Waals surface area contributed by atoms with Crippen molar-refractivity contribution in [3.63, 3.8) is 0 Å². The average Bonchev–Trinajstić information content (AvgIpc) is 3.24. The number of aromatic nitrogens is 2. The van der Waals surface area contributed by atoms with Gasteiger partial charge >= 0.3 is 0 Å². The SMILES string of the molecule is COc1cccc([C@H]2CCCN2C(=O)c2cnc(Nc3ccccc3)nc2)c1. The summed E-state index contributed by atoms with van der Waals surface area (Å²) < 4.78 is 5.33. The normalized spacial score (nSPS) is 16.0. The van der Waals surface area contributed by atoms with Crippen molar-refractivity contribution in [2.75, 3.05) is 19.0 Å². The lowest BCUT2D eigenvalue weighted by atomic mass is 10.0. The van der Waals surface area contributed by atoms with Crippen molar-refractivity contribution in [2.45, 2.75) is 18.9 Å². The number of amides is 1. The van der Waals surface area contributed by atoms with E-state index < -0.39 is 0 Å². The molecule has 1 fully saturated rings. The van der Waals surface area contributed by atoms with E-state index in [1.165, 1.54) is 0 Å². The van der Waals surface area contributed by atoms with Crippen LogP contribution >= 0.6 is 0 Å². The van der Waals surface area contributed by atoms with E-state index in [0.717, 1.165) is 36.4 Å². The smallest absolute Gasteiger partial charge is 0.257 e. The lowest BCUT2D eigenvalue weighted by Crippen LogP contribution is -2.30. The Morgan fingerprint density at radius 3 is 2.64 bits per heavy atom. The van der Waals surface area contributed by atoms with Gasteiger partial charge in [-0.25, -0.2) is 9.97 Å². The minimum absolute atomic E-state index is 0.0448. The quantitative estimate of drug-likeness (QED) is 0.725. The van der Waals surface area contributed by atoms with Gasteiger partial charge in [0.15, 0.2) is 0 Å². The molecule has 0 saturated carbocycles. The van der Waals surface area contributed by atoms with Crippen LogP contribution < -0.4 is 10.1 Å². The highest BCUT2D eigenvalue weighted by Gasteiger charge is 2.31. The van der Waals surface area contributed by atoms with Gasteiger partial charge < -0.3 is 15.0 Å². The third-order valence-corrected chi connectivity index (χ3v) is 4.92. The van der Waals surface area contributed by atoms with Crippen LogP contribution in [-0.2, 0) is 0 Å². The summed E-state index contributed by atoms with van der Waals surface area (Å²) >= 11 is 0.